The molecule has 0 unspecified atom stereocenters. The van der Waals surface area contributed by atoms with Crippen molar-refractivity contribution in [3.63, 3.8) is 0 Å². The molecule has 158 valence electrons. The second-order valence-electron chi connectivity index (χ2n) is 7.64. The van der Waals surface area contributed by atoms with Crippen LogP contribution in [0.5, 0.6) is 0 Å². The van der Waals surface area contributed by atoms with E-state index in [2.05, 4.69) is 56.2 Å². The third kappa shape index (κ3) is 6.11. The molecule has 1 aliphatic heterocycles. The quantitative estimate of drug-likeness (QED) is 0.519. The highest BCUT2D eigenvalue weighted by Crippen LogP contribution is 2.22. The molecule has 3 N–H and O–H groups in total. The summed E-state index contributed by atoms with van der Waals surface area (Å²) in [5, 5.41) is 9.10. The van der Waals surface area contributed by atoms with Gasteiger partial charge in [-0.3, -0.25) is 4.99 Å². The first kappa shape index (κ1) is 21.4. The van der Waals surface area contributed by atoms with E-state index in [1.807, 2.05) is 51.2 Å². The van der Waals surface area contributed by atoms with Crippen LogP contribution >= 0.6 is 0 Å². The minimum atomic E-state index is -0.190. The first-order valence-corrected chi connectivity index (χ1v) is 10.4. The molecule has 0 atom stereocenters. The average Bonchev–Trinajstić information content (AvgIpc) is 2.76. The van der Waals surface area contributed by atoms with Crippen molar-refractivity contribution in [3.05, 3.63) is 71.8 Å². The van der Waals surface area contributed by atoms with Crippen LogP contribution in [0, 0.1) is 0 Å². The third-order valence-electron chi connectivity index (χ3n) is 4.95. The van der Waals surface area contributed by atoms with Gasteiger partial charge in [0.1, 0.15) is 0 Å². The zero-order valence-electron chi connectivity index (χ0n) is 18.0. The molecule has 2 amide bonds. The van der Waals surface area contributed by atoms with Crippen LogP contribution in [0.25, 0.3) is 5.57 Å². The Balaban J connectivity index is 1.51. The number of carbonyl (C=O) groups is 1. The summed E-state index contributed by atoms with van der Waals surface area (Å²) < 4.78 is 0. The smallest absolute Gasteiger partial charge is 0.319 e. The minimum Gasteiger partial charge on any atom is -0.352 e. The molecule has 1 heterocycles. The molecule has 3 rings (SSSR count). The van der Waals surface area contributed by atoms with Gasteiger partial charge in [0.05, 0.1) is 0 Å². The third-order valence-corrected chi connectivity index (χ3v) is 4.95. The second-order valence-corrected chi connectivity index (χ2v) is 7.64. The Bertz CT molecular complexity index is 888. The zero-order chi connectivity index (χ0) is 21.3. The summed E-state index contributed by atoms with van der Waals surface area (Å²) in [6.45, 7) is 6.33. The number of carbonyl (C=O) groups excluding carboxylic acids is 1. The van der Waals surface area contributed by atoms with E-state index in [1.54, 1.807) is 0 Å². The number of anilines is 1. The monoisotopic (exact) mass is 405 g/mol. The van der Waals surface area contributed by atoms with Gasteiger partial charge in [-0.15, -0.1) is 0 Å². The van der Waals surface area contributed by atoms with Crippen LogP contribution in [0.1, 0.15) is 31.4 Å². The van der Waals surface area contributed by atoms with Crippen molar-refractivity contribution in [2.24, 2.45) is 4.99 Å². The molecule has 2 aromatic rings. The molecule has 6 heteroatoms. The Labute approximate surface area is 179 Å². The molecule has 0 saturated carbocycles. The van der Waals surface area contributed by atoms with E-state index in [4.69, 9.17) is 0 Å². The number of amides is 2. The fourth-order valence-electron chi connectivity index (χ4n) is 3.42. The van der Waals surface area contributed by atoms with Gasteiger partial charge in [0.25, 0.3) is 0 Å². The van der Waals surface area contributed by atoms with Gasteiger partial charge in [-0.05, 0) is 49.1 Å². The van der Waals surface area contributed by atoms with Crippen molar-refractivity contribution < 1.29 is 4.79 Å². The van der Waals surface area contributed by atoms with Crippen molar-refractivity contribution in [2.45, 2.75) is 32.9 Å². The number of benzene rings is 2. The Morgan fingerprint density at radius 2 is 1.83 bits per heavy atom. The van der Waals surface area contributed by atoms with Gasteiger partial charge in [-0.25, -0.2) is 4.79 Å². The summed E-state index contributed by atoms with van der Waals surface area (Å²) in [5.41, 5.74) is 4.60. The number of nitrogens with zero attached hydrogens (tertiary/aromatic N) is 2. The van der Waals surface area contributed by atoms with Gasteiger partial charge < -0.3 is 20.9 Å². The summed E-state index contributed by atoms with van der Waals surface area (Å²) in [4.78, 5) is 18.5. The number of nitrogens with one attached hydrogen (secondary N) is 3. The Morgan fingerprint density at radius 1 is 1.10 bits per heavy atom. The Hall–Kier alpha value is -3.28. The molecule has 0 aromatic heterocycles. The van der Waals surface area contributed by atoms with Crippen LogP contribution in [0.4, 0.5) is 10.5 Å². The van der Waals surface area contributed by atoms with Gasteiger partial charge >= 0.3 is 6.03 Å². The average molecular weight is 406 g/mol. The largest absolute Gasteiger partial charge is 0.352 e. The minimum absolute atomic E-state index is 0.105. The van der Waals surface area contributed by atoms with Crippen LogP contribution < -0.4 is 16.0 Å². The van der Waals surface area contributed by atoms with Gasteiger partial charge in [-0.1, -0.05) is 48.5 Å². The lowest BCUT2D eigenvalue weighted by Crippen LogP contribution is -2.43. The zero-order valence-corrected chi connectivity index (χ0v) is 18.0. The van der Waals surface area contributed by atoms with E-state index in [0.29, 0.717) is 6.54 Å². The van der Waals surface area contributed by atoms with E-state index in [1.165, 1.54) is 11.1 Å². The van der Waals surface area contributed by atoms with E-state index in [9.17, 15) is 4.79 Å². The molecule has 0 fully saturated rings. The topological polar surface area (TPSA) is 68.8 Å². The van der Waals surface area contributed by atoms with E-state index >= 15 is 0 Å². The molecule has 6 nitrogen and oxygen atoms in total. The summed E-state index contributed by atoms with van der Waals surface area (Å²) in [7, 11) is 1.82. The maximum absolute atomic E-state index is 11.8. The number of urea groups is 1. The van der Waals surface area contributed by atoms with Crippen molar-refractivity contribution in [2.75, 3.05) is 25.5 Å². The highest BCUT2D eigenvalue weighted by Gasteiger charge is 2.16. The van der Waals surface area contributed by atoms with Crippen LogP contribution in [-0.2, 0) is 6.54 Å². The Kier molecular flexibility index (Phi) is 7.49. The standard InChI is InChI=1S/C24H31N5O/c1-18(2)27-24(30)28-22-11-9-19(10-12-22)17-26-23(25-3)29-15-13-21(14-16-29)20-7-5-4-6-8-20/h4-13,18H,14-17H2,1-3H3,(H,25,26)(H2,27,28,30). The van der Waals surface area contributed by atoms with Crippen molar-refractivity contribution in [3.8, 4) is 0 Å². The van der Waals surface area contributed by atoms with Gasteiger partial charge in [0, 0.05) is 38.4 Å². The molecular formula is C24H31N5O. The number of hydrogen-bond donors (Lipinski definition) is 3. The first-order valence-electron chi connectivity index (χ1n) is 10.4. The van der Waals surface area contributed by atoms with Crippen molar-refractivity contribution >= 4 is 23.3 Å². The van der Waals surface area contributed by atoms with Gasteiger partial charge in [0.2, 0.25) is 0 Å². The molecule has 1 aliphatic rings. The molecule has 2 aromatic carbocycles. The maximum Gasteiger partial charge on any atom is 0.319 e. The SMILES string of the molecule is CN=C(NCc1ccc(NC(=O)NC(C)C)cc1)N1CC=C(c2ccccc2)CC1. The van der Waals surface area contributed by atoms with Crippen molar-refractivity contribution in [1.29, 1.82) is 0 Å². The van der Waals surface area contributed by atoms with Crippen LogP contribution in [-0.4, -0.2) is 43.1 Å². The van der Waals surface area contributed by atoms with Crippen molar-refractivity contribution in [1.82, 2.24) is 15.5 Å². The summed E-state index contributed by atoms with van der Waals surface area (Å²) >= 11 is 0. The summed E-state index contributed by atoms with van der Waals surface area (Å²) in [6, 6.07) is 18.3. The lowest BCUT2D eigenvalue weighted by atomic mass is 10.00. The highest BCUT2D eigenvalue weighted by molar-refractivity contribution is 5.89. The molecule has 0 bridgehead atoms. The molecule has 0 spiro atoms. The number of rotatable bonds is 5. The highest BCUT2D eigenvalue weighted by atomic mass is 16.2. The van der Waals surface area contributed by atoms with Crippen LogP contribution in [0.2, 0.25) is 0 Å². The first-order chi connectivity index (χ1) is 14.5. The Morgan fingerprint density at radius 3 is 2.43 bits per heavy atom. The molecular weight excluding hydrogens is 374 g/mol. The van der Waals surface area contributed by atoms with E-state index in [0.717, 1.165) is 36.7 Å². The molecule has 0 radical (unpaired) electrons. The van der Waals surface area contributed by atoms with Crippen LogP contribution in [0.3, 0.4) is 0 Å². The molecule has 0 aliphatic carbocycles. The number of hydrogen-bond acceptors (Lipinski definition) is 2. The lowest BCUT2D eigenvalue weighted by molar-refractivity contribution is 0.250. The van der Waals surface area contributed by atoms with Gasteiger partial charge in [0.15, 0.2) is 5.96 Å². The second kappa shape index (κ2) is 10.5. The fourth-order valence-corrected chi connectivity index (χ4v) is 3.42. The predicted octanol–water partition coefficient (Wildman–Crippen LogP) is 4.08. The fraction of sp³-hybridized carbons (Fsp3) is 0.333. The number of aliphatic imine (C=N–C) groups is 1. The summed E-state index contributed by atoms with van der Waals surface area (Å²) in [6.07, 6.45) is 3.29. The summed E-state index contributed by atoms with van der Waals surface area (Å²) in [5.74, 6) is 0.900. The molecule has 30 heavy (non-hydrogen) atoms. The number of guanidine groups is 1. The normalized spacial score (nSPS) is 14.3. The van der Waals surface area contributed by atoms with Crippen LogP contribution in [0.15, 0.2) is 65.7 Å². The lowest BCUT2D eigenvalue weighted by Gasteiger charge is -2.29. The molecule has 0 saturated heterocycles. The maximum atomic E-state index is 11.8. The van der Waals surface area contributed by atoms with E-state index in [-0.39, 0.29) is 12.1 Å². The van der Waals surface area contributed by atoms with E-state index < -0.39 is 0 Å². The van der Waals surface area contributed by atoms with Gasteiger partial charge in [-0.2, -0.15) is 0 Å². The predicted molar refractivity (Wildman–Crippen MR) is 125 cm³/mol.